The molecule has 0 aliphatic heterocycles. The number of alkyl halides is 7. The molecular formula is C10H7ClF6O. The van der Waals surface area contributed by atoms with Crippen LogP contribution in [0.5, 0.6) is 0 Å². The summed E-state index contributed by atoms with van der Waals surface area (Å²) in [5.41, 5.74) is -3.64. The summed E-state index contributed by atoms with van der Waals surface area (Å²) in [6.45, 7) is 0. The van der Waals surface area contributed by atoms with E-state index < -0.39 is 41.0 Å². The summed E-state index contributed by atoms with van der Waals surface area (Å²) in [5.74, 6) is -0.547. The van der Waals surface area contributed by atoms with E-state index in [0.29, 0.717) is 12.1 Å². The Morgan fingerprint density at radius 1 is 1.06 bits per heavy atom. The fraction of sp³-hybridized carbons (Fsp3) is 0.400. The highest BCUT2D eigenvalue weighted by Crippen LogP contribution is 2.39. The van der Waals surface area contributed by atoms with Crippen LogP contribution in [0, 0.1) is 0 Å². The van der Waals surface area contributed by atoms with Gasteiger partial charge in [0.1, 0.15) is 0 Å². The summed E-state index contributed by atoms with van der Waals surface area (Å²) in [7, 11) is 0. The van der Waals surface area contributed by atoms with E-state index in [9.17, 15) is 31.4 Å². The Balaban J connectivity index is 3.40. The van der Waals surface area contributed by atoms with E-state index in [0.717, 1.165) is 0 Å². The molecule has 0 saturated carbocycles. The Morgan fingerprint density at radius 2 is 1.61 bits per heavy atom. The molecule has 0 aliphatic rings. The zero-order chi connectivity index (χ0) is 14.1. The average Bonchev–Trinajstić information content (AvgIpc) is 2.24. The molecule has 1 rings (SSSR count). The van der Waals surface area contributed by atoms with Crippen LogP contribution in [-0.4, -0.2) is 11.0 Å². The van der Waals surface area contributed by atoms with Crippen molar-refractivity contribution >= 4 is 11.6 Å². The van der Waals surface area contributed by atoms with Gasteiger partial charge in [-0.2, -0.15) is 26.3 Å². The molecule has 102 valence electrons. The molecule has 0 amide bonds. The lowest BCUT2D eigenvalue weighted by Gasteiger charge is -2.18. The molecule has 1 atom stereocenters. The minimum absolute atomic E-state index is 0.0366. The first-order chi connectivity index (χ1) is 8.07. The molecule has 8 heteroatoms. The van der Waals surface area contributed by atoms with Gasteiger partial charge in [-0.05, 0) is 17.7 Å². The van der Waals surface area contributed by atoms with Crippen molar-refractivity contribution < 1.29 is 31.4 Å². The Morgan fingerprint density at radius 3 is 2.00 bits per heavy atom. The summed E-state index contributed by atoms with van der Waals surface area (Å²) in [6, 6.07) is 1.02. The van der Waals surface area contributed by atoms with Crippen molar-refractivity contribution in [1.29, 1.82) is 0 Å². The zero-order valence-electron chi connectivity index (χ0n) is 8.61. The summed E-state index contributed by atoms with van der Waals surface area (Å²) in [4.78, 5) is 0. The van der Waals surface area contributed by atoms with Crippen molar-refractivity contribution in [3.63, 3.8) is 0 Å². The van der Waals surface area contributed by atoms with E-state index >= 15 is 0 Å². The lowest BCUT2D eigenvalue weighted by atomic mass is 9.99. The number of hydrogen-bond acceptors (Lipinski definition) is 1. The van der Waals surface area contributed by atoms with Crippen LogP contribution < -0.4 is 0 Å². The Labute approximate surface area is 103 Å². The van der Waals surface area contributed by atoms with Crippen LogP contribution in [0.25, 0.3) is 0 Å². The molecule has 0 unspecified atom stereocenters. The predicted molar refractivity (Wildman–Crippen MR) is 52.1 cm³/mol. The van der Waals surface area contributed by atoms with Crippen molar-refractivity contribution in [2.45, 2.75) is 18.5 Å². The van der Waals surface area contributed by atoms with Crippen LogP contribution in [-0.2, 0) is 12.4 Å². The molecule has 18 heavy (non-hydrogen) atoms. The first kappa shape index (κ1) is 15.1. The van der Waals surface area contributed by atoms with E-state index in [1.807, 2.05) is 0 Å². The highest BCUT2D eigenvalue weighted by molar-refractivity contribution is 6.18. The Hall–Kier alpha value is -0.950. The highest BCUT2D eigenvalue weighted by atomic mass is 35.5. The van der Waals surface area contributed by atoms with Gasteiger partial charge in [-0.3, -0.25) is 0 Å². The minimum atomic E-state index is -5.00. The molecule has 0 fully saturated rings. The van der Waals surface area contributed by atoms with Crippen molar-refractivity contribution in [1.82, 2.24) is 0 Å². The number of hydrogen-bond donors (Lipinski definition) is 1. The third-order valence-electron chi connectivity index (χ3n) is 2.19. The second kappa shape index (κ2) is 4.97. The van der Waals surface area contributed by atoms with Gasteiger partial charge in [0.25, 0.3) is 0 Å². The van der Waals surface area contributed by atoms with Gasteiger partial charge in [-0.15, -0.1) is 11.6 Å². The maximum atomic E-state index is 12.6. The second-order valence-corrected chi connectivity index (χ2v) is 3.78. The van der Waals surface area contributed by atoms with E-state index in [1.165, 1.54) is 0 Å². The van der Waals surface area contributed by atoms with Gasteiger partial charge in [0.2, 0.25) is 0 Å². The number of benzene rings is 1. The first-order valence-corrected chi connectivity index (χ1v) is 5.13. The molecule has 0 bridgehead atoms. The summed E-state index contributed by atoms with van der Waals surface area (Å²) < 4.78 is 74.7. The number of halogens is 7. The average molecular weight is 293 g/mol. The third kappa shape index (κ3) is 3.29. The molecular weight excluding hydrogens is 286 g/mol. The van der Waals surface area contributed by atoms with Gasteiger partial charge < -0.3 is 5.11 Å². The quantitative estimate of drug-likeness (QED) is 0.645. The van der Waals surface area contributed by atoms with Crippen LogP contribution in [0.3, 0.4) is 0 Å². The Bertz CT molecular complexity index is 425. The molecule has 0 radical (unpaired) electrons. The van der Waals surface area contributed by atoms with Gasteiger partial charge in [0.15, 0.2) is 0 Å². The van der Waals surface area contributed by atoms with E-state index in [-0.39, 0.29) is 6.07 Å². The van der Waals surface area contributed by atoms with Crippen molar-refractivity contribution in [3.8, 4) is 0 Å². The fourth-order valence-corrected chi connectivity index (χ4v) is 1.52. The van der Waals surface area contributed by atoms with Crippen LogP contribution in [0.2, 0.25) is 0 Å². The van der Waals surface area contributed by atoms with Gasteiger partial charge in [0, 0.05) is 0 Å². The van der Waals surface area contributed by atoms with Crippen LogP contribution >= 0.6 is 11.6 Å². The van der Waals surface area contributed by atoms with Gasteiger partial charge in [-0.25, -0.2) is 0 Å². The topological polar surface area (TPSA) is 20.2 Å². The SMILES string of the molecule is O[C@@H](CCl)c1ccc(C(F)(F)F)cc1C(F)(F)F. The molecule has 1 aromatic carbocycles. The molecule has 1 N–H and O–H groups in total. The van der Waals surface area contributed by atoms with Crippen molar-refractivity contribution in [2.24, 2.45) is 0 Å². The van der Waals surface area contributed by atoms with Crippen LogP contribution in [0.4, 0.5) is 26.3 Å². The van der Waals surface area contributed by atoms with E-state index in [4.69, 9.17) is 11.6 Å². The fourth-order valence-electron chi connectivity index (χ4n) is 1.35. The lowest BCUT2D eigenvalue weighted by Crippen LogP contribution is -2.15. The normalized spacial score (nSPS) is 14.7. The summed E-state index contributed by atoms with van der Waals surface area (Å²) in [5, 5.41) is 9.25. The molecule has 0 aromatic heterocycles. The first-order valence-electron chi connectivity index (χ1n) is 4.59. The number of aliphatic hydroxyl groups is 1. The second-order valence-electron chi connectivity index (χ2n) is 3.47. The van der Waals surface area contributed by atoms with E-state index in [2.05, 4.69) is 0 Å². The highest BCUT2D eigenvalue weighted by Gasteiger charge is 2.39. The lowest BCUT2D eigenvalue weighted by molar-refractivity contribution is -0.144. The van der Waals surface area contributed by atoms with Crippen LogP contribution in [0.15, 0.2) is 18.2 Å². The standard InChI is InChI=1S/C10H7ClF6O/c11-4-8(18)6-2-1-5(9(12,13)14)3-7(6)10(15,16)17/h1-3,8,18H,4H2/t8-/m0/s1. The van der Waals surface area contributed by atoms with E-state index in [1.54, 1.807) is 0 Å². The van der Waals surface area contributed by atoms with Gasteiger partial charge in [0.05, 0.1) is 23.1 Å². The molecule has 0 spiro atoms. The molecule has 0 saturated heterocycles. The van der Waals surface area contributed by atoms with Gasteiger partial charge in [-0.1, -0.05) is 6.07 Å². The maximum Gasteiger partial charge on any atom is 0.416 e. The zero-order valence-corrected chi connectivity index (χ0v) is 9.37. The van der Waals surface area contributed by atoms with Crippen molar-refractivity contribution in [3.05, 3.63) is 34.9 Å². The third-order valence-corrected chi connectivity index (χ3v) is 2.48. The predicted octanol–water partition coefficient (Wildman–Crippen LogP) is 4.00. The van der Waals surface area contributed by atoms with Crippen molar-refractivity contribution in [2.75, 3.05) is 5.88 Å². The van der Waals surface area contributed by atoms with Crippen LogP contribution in [0.1, 0.15) is 22.8 Å². The monoisotopic (exact) mass is 292 g/mol. The van der Waals surface area contributed by atoms with Gasteiger partial charge >= 0.3 is 12.4 Å². The number of rotatable bonds is 2. The smallest absolute Gasteiger partial charge is 0.387 e. The summed E-state index contributed by atoms with van der Waals surface area (Å²) in [6.07, 6.45) is -11.6. The molecule has 0 aliphatic carbocycles. The molecule has 1 aromatic rings. The molecule has 1 nitrogen and oxygen atoms in total. The Kier molecular flexibility index (Phi) is 4.17. The summed E-state index contributed by atoms with van der Waals surface area (Å²) >= 11 is 5.20. The minimum Gasteiger partial charge on any atom is -0.387 e. The largest absolute Gasteiger partial charge is 0.416 e. The number of aliphatic hydroxyl groups excluding tert-OH is 1. The maximum absolute atomic E-state index is 12.6. The molecule has 0 heterocycles.